The fourth-order valence-corrected chi connectivity index (χ4v) is 2.76. The van der Waals surface area contributed by atoms with Gasteiger partial charge in [-0.3, -0.25) is 0 Å². The van der Waals surface area contributed by atoms with Crippen LogP contribution in [0.25, 0.3) is 0 Å². The number of benzene rings is 1. The number of phenolic OH excluding ortho intramolecular Hbond substituents is 1. The summed E-state index contributed by atoms with van der Waals surface area (Å²) in [6, 6.07) is 5.64. The van der Waals surface area contributed by atoms with Gasteiger partial charge in [-0.25, -0.2) is 0 Å². The third-order valence-corrected chi connectivity index (χ3v) is 3.89. The van der Waals surface area contributed by atoms with Gasteiger partial charge in [-0.05, 0) is 29.9 Å². The molecule has 0 unspecified atom stereocenters. The summed E-state index contributed by atoms with van der Waals surface area (Å²) in [4.78, 5) is 0. The molecule has 0 aliphatic heterocycles. The normalized spacial score (nSPS) is 26.5. The molecule has 0 amide bonds. The van der Waals surface area contributed by atoms with Crippen LogP contribution < -0.4 is 10.5 Å². The Balaban J connectivity index is 2.36. The van der Waals surface area contributed by atoms with Crippen LogP contribution in [-0.4, -0.2) is 18.8 Å². The van der Waals surface area contributed by atoms with Crippen LogP contribution in [0.5, 0.6) is 11.5 Å². The van der Waals surface area contributed by atoms with Gasteiger partial charge in [0.05, 0.1) is 7.11 Å². The number of methoxy groups -OCH3 is 1. The fourth-order valence-electron chi connectivity index (χ4n) is 2.76. The second kappa shape index (κ2) is 3.67. The van der Waals surface area contributed by atoms with Gasteiger partial charge in [0.1, 0.15) is 0 Å². The molecule has 1 aromatic rings. The number of aromatic hydroxyl groups is 1. The van der Waals surface area contributed by atoms with Gasteiger partial charge in [-0.15, -0.1) is 0 Å². The maximum Gasteiger partial charge on any atom is 0.161 e. The molecular weight excluding hydrogens is 202 g/mol. The summed E-state index contributed by atoms with van der Waals surface area (Å²) >= 11 is 0. The van der Waals surface area contributed by atoms with Crippen LogP contribution in [0.3, 0.4) is 0 Å². The number of rotatable bonds is 3. The summed E-state index contributed by atoms with van der Waals surface area (Å²) in [6.45, 7) is 5.04. The van der Waals surface area contributed by atoms with Gasteiger partial charge in [0.2, 0.25) is 0 Å². The second-order valence-corrected chi connectivity index (χ2v) is 5.04. The predicted octanol–water partition coefficient (Wildman–Crippen LogP) is 2.10. The molecule has 1 saturated carbocycles. The minimum absolute atomic E-state index is 0.179. The third kappa shape index (κ3) is 1.47. The highest BCUT2D eigenvalue weighted by molar-refractivity contribution is 5.50. The number of phenols is 1. The van der Waals surface area contributed by atoms with Crippen LogP contribution in [0.4, 0.5) is 0 Å². The Morgan fingerprint density at radius 3 is 2.62 bits per heavy atom. The summed E-state index contributed by atoms with van der Waals surface area (Å²) in [5.41, 5.74) is 6.88. The smallest absolute Gasteiger partial charge is 0.161 e. The van der Waals surface area contributed by atoms with Gasteiger partial charge in [-0.2, -0.15) is 0 Å². The molecule has 0 bridgehead atoms. The Morgan fingerprint density at radius 1 is 1.44 bits per heavy atom. The highest BCUT2D eigenvalue weighted by Crippen LogP contribution is 2.65. The standard InChI is InChI=1S/C13H19NO2/c1-13(2)9(7-14)11(13)8-5-4-6-10(16-3)12(8)15/h4-6,9,11,15H,7,14H2,1-3H3/t9-,11-/m1/s1. The largest absolute Gasteiger partial charge is 0.504 e. The van der Waals surface area contributed by atoms with Gasteiger partial charge in [0, 0.05) is 5.56 Å². The predicted molar refractivity (Wildman–Crippen MR) is 63.7 cm³/mol. The molecule has 0 spiro atoms. The van der Waals surface area contributed by atoms with Crippen molar-refractivity contribution in [1.29, 1.82) is 0 Å². The van der Waals surface area contributed by atoms with Crippen molar-refractivity contribution >= 4 is 0 Å². The fraction of sp³-hybridized carbons (Fsp3) is 0.538. The number of ether oxygens (including phenoxy) is 1. The van der Waals surface area contributed by atoms with E-state index in [9.17, 15) is 5.11 Å². The first kappa shape index (κ1) is 11.3. The summed E-state index contributed by atoms with van der Waals surface area (Å²) in [5, 5.41) is 10.1. The maximum atomic E-state index is 10.1. The first-order chi connectivity index (χ1) is 7.54. The van der Waals surface area contributed by atoms with E-state index in [0.29, 0.717) is 24.1 Å². The van der Waals surface area contributed by atoms with Crippen molar-refractivity contribution in [3.8, 4) is 11.5 Å². The van der Waals surface area contributed by atoms with E-state index in [1.54, 1.807) is 13.2 Å². The molecule has 0 aromatic heterocycles. The Morgan fingerprint density at radius 2 is 2.12 bits per heavy atom. The topological polar surface area (TPSA) is 55.5 Å². The molecule has 88 valence electrons. The minimum Gasteiger partial charge on any atom is -0.504 e. The maximum absolute atomic E-state index is 10.1. The highest BCUT2D eigenvalue weighted by atomic mass is 16.5. The molecule has 16 heavy (non-hydrogen) atoms. The summed E-state index contributed by atoms with van der Waals surface area (Å²) in [5.74, 6) is 1.59. The quantitative estimate of drug-likeness (QED) is 0.821. The first-order valence-corrected chi connectivity index (χ1v) is 5.60. The van der Waals surface area contributed by atoms with Gasteiger partial charge >= 0.3 is 0 Å². The molecule has 0 saturated heterocycles. The van der Waals surface area contributed by atoms with Crippen molar-refractivity contribution in [3.05, 3.63) is 23.8 Å². The zero-order valence-electron chi connectivity index (χ0n) is 10.0. The molecule has 0 radical (unpaired) electrons. The summed E-state index contributed by atoms with van der Waals surface area (Å²) < 4.78 is 5.12. The van der Waals surface area contributed by atoms with E-state index in [1.807, 2.05) is 12.1 Å². The lowest BCUT2D eigenvalue weighted by atomic mass is 10.0. The van der Waals surface area contributed by atoms with Gasteiger partial charge in [0.15, 0.2) is 11.5 Å². The van der Waals surface area contributed by atoms with E-state index in [0.717, 1.165) is 5.56 Å². The summed E-state index contributed by atoms with van der Waals surface area (Å²) in [7, 11) is 1.57. The SMILES string of the molecule is COc1cccc([C@@H]2[C@@H](CN)C2(C)C)c1O. The third-order valence-electron chi connectivity index (χ3n) is 3.89. The molecule has 3 nitrogen and oxygen atoms in total. The number of para-hydroxylation sites is 1. The molecular formula is C13H19NO2. The first-order valence-electron chi connectivity index (χ1n) is 5.60. The van der Waals surface area contributed by atoms with Crippen LogP contribution in [0.1, 0.15) is 25.3 Å². The van der Waals surface area contributed by atoms with Crippen LogP contribution >= 0.6 is 0 Å². The molecule has 0 heterocycles. The molecule has 3 heteroatoms. The van der Waals surface area contributed by atoms with E-state index >= 15 is 0 Å². The lowest BCUT2D eigenvalue weighted by Gasteiger charge is -2.09. The molecule has 2 atom stereocenters. The van der Waals surface area contributed by atoms with E-state index < -0.39 is 0 Å². The van der Waals surface area contributed by atoms with Gasteiger partial charge in [-0.1, -0.05) is 26.0 Å². The van der Waals surface area contributed by atoms with Gasteiger partial charge in [0.25, 0.3) is 0 Å². The van der Waals surface area contributed by atoms with Gasteiger partial charge < -0.3 is 15.6 Å². The van der Waals surface area contributed by atoms with Crippen LogP contribution in [0, 0.1) is 11.3 Å². The molecule has 1 aromatic carbocycles. The van der Waals surface area contributed by atoms with Crippen molar-refractivity contribution in [2.24, 2.45) is 17.1 Å². The molecule has 1 fully saturated rings. The molecule has 1 aliphatic rings. The van der Waals surface area contributed by atoms with E-state index in [4.69, 9.17) is 10.5 Å². The van der Waals surface area contributed by atoms with Crippen molar-refractivity contribution in [2.75, 3.05) is 13.7 Å². The lowest BCUT2D eigenvalue weighted by molar-refractivity contribution is 0.369. The number of nitrogens with two attached hydrogens (primary N) is 1. The monoisotopic (exact) mass is 221 g/mol. The Bertz CT molecular complexity index is 401. The number of hydrogen-bond donors (Lipinski definition) is 2. The Labute approximate surface area is 96.2 Å². The Kier molecular flexibility index (Phi) is 2.58. The van der Waals surface area contributed by atoms with E-state index in [2.05, 4.69) is 13.8 Å². The van der Waals surface area contributed by atoms with Crippen molar-refractivity contribution < 1.29 is 9.84 Å². The van der Waals surface area contributed by atoms with Crippen LogP contribution in [0.15, 0.2) is 18.2 Å². The average Bonchev–Trinajstić information content (AvgIpc) is 2.80. The van der Waals surface area contributed by atoms with E-state index in [-0.39, 0.29) is 11.2 Å². The average molecular weight is 221 g/mol. The van der Waals surface area contributed by atoms with Crippen LogP contribution in [0.2, 0.25) is 0 Å². The zero-order chi connectivity index (χ0) is 11.9. The van der Waals surface area contributed by atoms with Crippen molar-refractivity contribution in [1.82, 2.24) is 0 Å². The molecule has 3 N–H and O–H groups in total. The molecule has 2 rings (SSSR count). The summed E-state index contributed by atoms with van der Waals surface area (Å²) in [6.07, 6.45) is 0. The Hall–Kier alpha value is -1.22. The zero-order valence-corrected chi connectivity index (χ0v) is 10.0. The minimum atomic E-state index is 0.179. The molecule has 1 aliphatic carbocycles. The van der Waals surface area contributed by atoms with Crippen molar-refractivity contribution in [2.45, 2.75) is 19.8 Å². The van der Waals surface area contributed by atoms with Crippen molar-refractivity contribution in [3.63, 3.8) is 0 Å². The highest BCUT2D eigenvalue weighted by Gasteiger charge is 2.58. The number of hydrogen-bond acceptors (Lipinski definition) is 3. The van der Waals surface area contributed by atoms with E-state index in [1.165, 1.54) is 0 Å². The lowest BCUT2D eigenvalue weighted by Crippen LogP contribution is -2.05. The van der Waals surface area contributed by atoms with Crippen LogP contribution in [-0.2, 0) is 0 Å². The second-order valence-electron chi connectivity index (χ2n) is 5.04.